The van der Waals surface area contributed by atoms with Crippen molar-refractivity contribution in [1.82, 2.24) is 0 Å². The summed E-state index contributed by atoms with van der Waals surface area (Å²) >= 11 is 0. The van der Waals surface area contributed by atoms with Gasteiger partial charge in [-0.3, -0.25) is 8.75 Å². The fourth-order valence-corrected chi connectivity index (χ4v) is 3.79. The fraction of sp³-hybridized carbons (Fsp3) is 1.00. The van der Waals surface area contributed by atoms with E-state index in [0.29, 0.717) is 0 Å². The van der Waals surface area contributed by atoms with E-state index in [0.717, 1.165) is 14.2 Å². The van der Waals surface area contributed by atoms with Crippen LogP contribution in [0.25, 0.3) is 0 Å². The van der Waals surface area contributed by atoms with Crippen molar-refractivity contribution in [2.75, 3.05) is 26.3 Å². The van der Waals surface area contributed by atoms with Gasteiger partial charge in [0, 0.05) is 14.2 Å². The summed E-state index contributed by atoms with van der Waals surface area (Å²) < 4.78 is 46.6. The zero-order valence-corrected chi connectivity index (χ0v) is 9.43. The van der Waals surface area contributed by atoms with Crippen molar-refractivity contribution in [2.45, 2.75) is 6.92 Å². The first-order valence-electron chi connectivity index (χ1n) is 3.46. The Kier molecular flexibility index (Phi) is 5.09. The van der Waals surface area contributed by atoms with E-state index >= 15 is 0 Å². The van der Waals surface area contributed by atoms with Crippen LogP contribution in [-0.2, 0) is 27.9 Å². The highest BCUT2D eigenvalue weighted by Crippen LogP contribution is 2.47. The van der Waals surface area contributed by atoms with Gasteiger partial charge in [-0.25, -0.2) is 0 Å². The average molecular weight is 232 g/mol. The van der Waals surface area contributed by atoms with Gasteiger partial charge in [-0.1, -0.05) is 0 Å². The molecule has 0 N–H and O–H groups in total. The van der Waals surface area contributed by atoms with Gasteiger partial charge >= 0.3 is 7.60 Å². The van der Waals surface area contributed by atoms with Crippen LogP contribution in [0.1, 0.15) is 6.92 Å². The zero-order chi connectivity index (χ0) is 10.5. The van der Waals surface area contributed by atoms with Gasteiger partial charge in [-0.15, -0.1) is 0 Å². The van der Waals surface area contributed by atoms with E-state index in [1.165, 1.54) is 6.92 Å². The largest absolute Gasteiger partial charge is 0.347 e. The summed E-state index contributed by atoms with van der Waals surface area (Å²) in [6, 6.07) is 0. The minimum Gasteiger partial charge on any atom is -0.311 e. The maximum Gasteiger partial charge on any atom is 0.347 e. The Labute approximate surface area is 77.8 Å². The third-order valence-electron chi connectivity index (χ3n) is 1.17. The lowest BCUT2D eigenvalue weighted by Crippen LogP contribution is -2.12. The van der Waals surface area contributed by atoms with E-state index in [1.54, 1.807) is 0 Å². The summed E-state index contributed by atoms with van der Waals surface area (Å²) in [6.07, 6.45) is 0. The van der Waals surface area contributed by atoms with Crippen molar-refractivity contribution in [3.8, 4) is 0 Å². The first-order valence-corrected chi connectivity index (χ1v) is 6.77. The Hall–Kier alpha value is 0.0600. The second kappa shape index (κ2) is 5.07. The van der Waals surface area contributed by atoms with Crippen LogP contribution in [-0.4, -0.2) is 34.7 Å². The molecule has 0 aromatic heterocycles. The summed E-state index contributed by atoms with van der Waals surface area (Å²) in [5.41, 5.74) is -0.763. The second-order valence-corrected chi connectivity index (χ2v) is 6.41. The van der Waals surface area contributed by atoms with E-state index in [1.807, 2.05) is 0 Å². The molecule has 0 aromatic carbocycles. The SMILES string of the molecule is CCOS(=O)(=O)CP(=O)(OC)OC. The van der Waals surface area contributed by atoms with Crippen LogP contribution in [0.2, 0.25) is 0 Å². The molecule has 0 amide bonds. The lowest BCUT2D eigenvalue weighted by Gasteiger charge is -2.12. The highest BCUT2D eigenvalue weighted by atomic mass is 32.2. The van der Waals surface area contributed by atoms with Crippen LogP contribution >= 0.6 is 7.60 Å². The molecule has 0 radical (unpaired) electrons. The lowest BCUT2D eigenvalue weighted by atomic mass is 10.9. The van der Waals surface area contributed by atoms with Crippen molar-refractivity contribution < 1.29 is 26.2 Å². The molecule has 0 aromatic rings. The molecule has 0 atom stereocenters. The van der Waals surface area contributed by atoms with Crippen LogP contribution in [0.3, 0.4) is 0 Å². The van der Waals surface area contributed by atoms with E-state index < -0.39 is 23.2 Å². The Morgan fingerprint density at radius 2 is 1.69 bits per heavy atom. The Morgan fingerprint density at radius 1 is 1.23 bits per heavy atom. The maximum absolute atomic E-state index is 11.3. The smallest absolute Gasteiger partial charge is 0.311 e. The first-order chi connectivity index (χ1) is 5.89. The quantitative estimate of drug-likeness (QED) is 0.497. The van der Waals surface area contributed by atoms with Gasteiger partial charge in [0.1, 0.15) is 0 Å². The topological polar surface area (TPSA) is 78.9 Å². The fourth-order valence-electron chi connectivity index (χ4n) is 0.590. The highest BCUT2D eigenvalue weighted by molar-refractivity contribution is 7.93. The molecular weight excluding hydrogens is 219 g/mol. The molecule has 0 spiro atoms. The van der Waals surface area contributed by atoms with Crippen molar-refractivity contribution in [3.63, 3.8) is 0 Å². The van der Waals surface area contributed by atoms with Crippen LogP contribution in [0.5, 0.6) is 0 Å². The minimum absolute atomic E-state index is 0.00420. The van der Waals surface area contributed by atoms with E-state index in [2.05, 4.69) is 13.2 Å². The van der Waals surface area contributed by atoms with Crippen molar-refractivity contribution >= 4 is 17.7 Å². The van der Waals surface area contributed by atoms with Gasteiger partial charge in [0.15, 0.2) is 5.49 Å². The molecular formula is C5H13O6PS. The van der Waals surface area contributed by atoms with Crippen LogP contribution in [0.15, 0.2) is 0 Å². The second-order valence-electron chi connectivity index (χ2n) is 2.07. The van der Waals surface area contributed by atoms with Crippen LogP contribution in [0, 0.1) is 0 Å². The Balaban J connectivity index is 4.51. The molecule has 13 heavy (non-hydrogen) atoms. The van der Waals surface area contributed by atoms with Crippen LogP contribution < -0.4 is 0 Å². The summed E-state index contributed by atoms with van der Waals surface area (Å²) in [7, 11) is -5.14. The molecule has 0 aliphatic heterocycles. The van der Waals surface area contributed by atoms with Gasteiger partial charge in [0.25, 0.3) is 10.1 Å². The van der Waals surface area contributed by atoms with Gasteiger partial charge < -0.3 is 9.05 Å². The standard InChI is InChI=1S/C5H13O6PS/c1-4-11-13(7,8)5-12(6,9-2)10-3/h4-5H2,1-3H3. The molecule has 0 aliphatic carbocycles. The van der Waals surface area contributed by atoms with Crippen molar-refractivity contribution in [1.29, 1.82) is 0 Å². The van der Waals surface area contributed by atoms with Crippen molar-refractivity contribution in [3.05, 3.63) is 0 Å². The number of rotatable bonds is 6. The number of hydrogen-bond donors (Lipinski definition) is 0. The van der Waals surface area contributed by atoms with Gasteiger partial charge in [0.05, 0.1) is 6.61 Å². The molecule has 0 heterocycles. The molecule has 0 fully saturated rings. The normalized spacial score (nSPS) is 13.2. The monoisotopic (exact) mass is 232 g/mol. The molecule has 6 nitrogen and oxygen atoms in total. The molecule has 0 unspecified atom stereocenters. The molecule has 0 rings (SSSR count). The van der Waals surface area contributed by atoms with E-state index in [-0.39, 0.29) is 6.61 Å². The molecule has 0 aliphatic rings. The minimum atomic E-state index is -3.83. The maximum atomic E-state index is 11.3. The Bertz CT molecular complexity index is 275. The third-order valence-corrected chi connectivity index (χ3v) is 5.41. The number of hydrogen-bond acceptors (Lipinski definition) is 6. The summed E-state index contributed by atoms with van der Waals surface area (Å²) in [6.45, 7) is 1.51. The predicted octanol–water partition coefficient (Wildman–Crippen LogP) is 0.796. The molecule has 8 heteroatoms. The molecule has 80 valence electrons. The highest BCUT2D eigenvalue weighted by Gasteiger charge is 2.30. The first kappa shape index (κ1) is 13.1. The average Bonchev–Trinajstić information content (AvgIpc) is 2.03. The lowest BCUT2D eigenvalue weighted by molar-refractivity contribution is 0.277. The Morgan fingerprint density at radius 3 is 2.00 bits per heavy atom. The molecule has 0 saturated heterocycles. The van der Waals surface area contributed by atoms with Gasteiger partial charge in [-0.2, -0.15) is 8.42 Å². The van der Waals surface area contributed by atoms with Crippen molar-refractivity contribution in [2.24, 2.45) is 0 Å². The van der Waals surface area contributed by atoms with E-state index in [4.69, 9.17) is 0 Å². The van der Waals surface area contributed by atoms with Gasteiger partial charge in [-0.05, 0) is 6.92 Å². The summed E-state index contributed by atoms with van der Waals surface area (Å²) in [5.74, 6) is 0. The summed E-state index contributed by atoms with van der Waals surface area (Å²) in [5, 5.41) is 0. The molecule has 0 saturated carbocycles. The van der Waals surface area contributed by atoms with Crippen LogP contribution in [0.4, 0.5) is 0 Å². The summed E-state index contributed by atoms with van der Waals surface area (Å²) in [4.78, 5) is 0. The zero-order valence-electron chi connectivity index (χ0n) is 7.72. The van der Waals surface area contributed by atoms with E-state index in [9.17, 15) is 13.0 Å². The van der Waals surface area contributed by atoms with Gasteiger partial charge in [0.2, 0.25) is 0 Å². The third kappa shape index (κ3) is 4.73. The predicted molar refractivity (Wildman–Crippen MR) is 47.0 cm³/mol. The molecule has 0 bridgehead atoms.